The lowest BCUT2D eigenvalue weighted by molar-refractivity contribution is 0.304. The molecule has 0 aliphatic carbocycles. The van der Waals surface area contributed by atoms with Crippen LogP contribution in [-0.4, -0.2) is 0 Å². The quantitative estimate of drug-likeness (QED) is 0.217. The predicted octanol–water partition coefficient (Wildman–Crippen LogP) is 7.90. The fourth-order valence-electron chi connectivity index (χ4n) is 3.20. The Bertz CT molecular complexity index is 1290. The van der Waals surface area contributed by atoms with Crippen molar-refractivity contribution in [2.24, 2.45) is 0 Å². The highest BCUT2D eigenvalue weighted by molar-refractivity contribution is 9.10. The number of hydrogen-bond acceptors (Lipinski definition) is 2. The molecule has 0 N–H and O–H groups in total. The van der Waals surface area contributed by atoms with Gasteiger partial charge in [-0.05, 0) is 68.2 Å². The molecular weight excluding hydrogens is 458 g/mol. The molecule has 0 saturated heterocycles. The van der Waals surface area contributed by atoms with Crippen LogP contribution in [0, 0.1) is 11.3 Å². The van der Waals surface area contributed by atoms with Crippen molar-refractivity contribution >= 4 is 50.0 Å². The van der Waals surface area contributed by atoms with Crippen LogP contribution in [0.25, 0.3) is 22.4 Å². The second-order valence-corrected chi connectivity index (χ2v) is 8.06. The van der Waals surface area contributed by atoms with Gasteiger partial charge in [0, 0.05) is 10.6 Å². The second kappa shape index (κ2) is 9.17. The molecule has 4 aromatic carbocycles. The summed E-state index contributed by atoms with van der Waals surface area (Å²) in [5.74, 6) is 0.719. The van der Waals surface area contributed by atoms with E-state index in [4.69, 9.17) is 16.3 Å². The van der Waals surface area contributed by atoms with Gasteiger partial charge in [0.1, 0.15) is 12.4 Å². The molecule has 0 aromatic heterocycles. The van der Waals surface area contributed by atoms with Crippen LogP contribution >= 0.6 is 27.5 Å². The van der Waals surface area contributed by atoms with Gasteiger partial charge in [0.15, 0.2) is 0 Å². The first kappa shape index (κ1) is 20.2. The molecule has 0 aliphatic heterocycles. The van der Waals surface area contributed by atoms with E-state index >= 15 is 0 Å². The summed E-state index contributed by atoms with van der Waals surface area (Å²) in [4.78, 5) is 0. The van der Waals surface area contributed by atoms with Crippen LogP contribution in [0.2, 0.25) is 5.02 Å². The van der Waals surface area contributed by atoms with Crippen molar-refractivity contribution in [3.05, 3.63) is 111 Å². The third-order valence-corrected chi connectivity index (χ3v) is 5.78. The summed E-state index contributed by atoms with van der Waals surface area (Å²) < 4.78 is 6.72. The van der Waals surface area contributed by atoms with E-state index < -0.39 is 0 Å². The summed E-state index contributed by atoms with van der Waals surface area (Å²) in [5, 5.41) is 12.7. The van der Waals surface area contributed by atoms with Crippen LogP contribution in [0.3, 0.4) is 0 Å². The average molecular weight is 475 g/mol. The molecule has 0 fully saturated rings. The summed E-state index contributed by atoms with van der Waals surface area (Å²) in [6.07, 6.45) is 1.88. The van der Waals surface area contributed by atoms with Crippen LogP contribution < -0.4 is 4.74 Å². The van der Waals surface area contributed by atoms with Gasteiger partial charge >= 0.3 is 0 Å². The molecule has 0 aliphatic rings. The Morgan fingerprint density at radius 3 is 2.47 bits per heavy atom. The maximum atomic E-state index is 9.71. The van der Waals surface area contributed by atoms with Crippen LogP contribution in [0.4, 0.5) is 0 Å². The summed E-state index contributed by atoms with van der Waals surface area (Å²) in [6, 6.07) is 29.9. The van der Waals surface area contributed by atoms with Crippen LogP contribution in [0.5, 0.6) is 5.75 Å². The first-order valence-electron chi connectivity index (χ1n) is 9.41. The minimum Gasteiger partial charge on any atom is -0.488 e. The number of ether oxygens (including phenoxy) is 1. The maximum Gasteiger partial charge on any atom is 0.134 e. The fourth-order valence-corrected chi connectivity index (χ4v) is 3.90. The van der Waals surface area contributed by atoms with E-state index in [0.717, 1.165) is 37.7 Å². The minimum atomic E-state index is 0.383. The fraction of sp³-hybridized carbons (Fsp3) is 0.0385. The number of halogens is 2. The second-order valence-electron chi connectivity index (χ2n) is 6.80. The van der Waals surface area contributed by atoms with Gasteiger partial charge in [-0.3, -0.25) is 0 Å². The van der Waals surface area contributed by atoms with E-state index in [1.807, 2.05) is 78.9 Å². The number of hydrogen-bond donors (Lipinski definition) is 0. The third kappa shape index (κ3) is 4.57. The van der Waals surface area contributed by atoms with E-state index in [1.165, 1.54) is 0 Å². The number of benzene rings is 4. The lowest BCUT2D eigenvalue weighted by Gasteiger charge is -2.10. The highest BCUT2D eigenvalue weighted by atomic mass is 79.9. The molecule has 0 bridgehead atoms. The zero-order chi connectivity index (χ0) is 20.9. The van der Waals surface area contributed by atoms with E-state index in [2.05, 4.69) is 34.1 Å². The average Bonchev–Trinajstić information content (AvgIpc) is 2.77. The predicted molar refractivity (Wildman–Crippen MR) is 127 cm³/mol. The zero-order valence-electron chi connectivity index (χ0n) is 16.0. The summed E-state index contributed by atoms with van der Waals surface area (Å²) >= 11 is 9.76. The van der Waals surface area contributed by atoms with Crippen molar-refractivity contribution in [1.82, 2.24) is 0 Å². The topological polar surface area (TPSA) is 33.0 Å². The lowest BCUT2D eigenvalue weighted by atomic mass is 10.0. The van der Waals surface area contributed by atoms with E-state index in [1.54, 1.807) is 0 Å². The minimum absolute atomic E-state index is 0.383. The monoisotopic (exact) mass is 473 g/mol. The number of rotatable bonds is 5. The molecular formula is C26H17BrClNO. The molecule has 0 atom stereocenters. The summed E-state index contributed by atoms with van der Waals surface area (Å²) in [5.41, 5.74) is 3.35. The molecule has 4 aromatic rings. The molecule has 146 valence electrons. The lowest BCUT2D eigenvalue weighted by Crippen LogP contribution is -1.97. The summed E-state index contributed by atoms with van der Waals surface area (Å²) in [6.45, 7) is 0.383. The smallest absolute Gasteiger partial charge is 0.134 e. The molecule has 0 spiro atoms. The molecule has 4 rings (SSSR count). The van der Waals surface area contributed by atoms with Gasteiger partial charge < -0.3 is 4.74 Å². The molecule has 30 heavy (non-hydrogen) atoms. The number of allylic oxidation sites excluding steroid dienone is 1. The first-order chi connectivity index (χ1) is 14.6. The third-order valence-electron chi connectivity index (χ3n) is 4.79. The highest BCUT2D eigenvalue weighted by Crippen LogP contribution is 2.30. The van der Waals surface area contributed by atoms with Gasteiger partial charge in [0.2, 0.25) is 0 Å². The Kier molecular flexibility index (Phi) is 6.18. The standard InChI is InChI=1S/C26H17BrClNO/c27-24-14-18(9-12-26(24)30-17-22-7-3-4-8-25(22)28)13-23(16-29)21-11-10-19-5-1-2-6-20(19)15-21/h1-15H,17H2/b23-13-. The van der Waals surface area contributed by atoms with Gasteiger partial charge in [0.25, 0.3) is 0 Å². The molecule has 2 nitrogen and oxygen atoms in total. The summed E-state index contributed by atoms with van der Waals surface area (Å²) in [7, 11) is 0. The van der Waals surface area contributed by atoms with Gasteiger partial charge in [0.05, 0.1) is 16.1 Å². The van der Waals surface area contributed by atoms with Crippen LogP contribution in [0.1, 0.15) is 16.7 Å². The Balaban J connectivity index is 1.57. The Morgan fingerprint density at radius 1 is 0.933 bits per heavy atom. The highest BCUT2D eigenvalue weighted by Gasteiger charge is 2.07. The SMILES string of the molecule is N#C/C(=C/c1ccc(OCc2ccccc2Cl)c(Br)c1)c1ccc2ccccc2c1. The van der Waals surface area contributed by atoms with Crippen molar-refractivity contribution in [3.63, 3.8) is 0 Å². The van der Waals surface area contributed by atoms with Crippen LogP contribution in [-0.2, 0) is 6.61 Å². The van der Waals surface area contributed by atoms with Gasteiger partial charge in [-0.2, -0.15) is 5.26 Å². The Morgan fingerprint density at radius 2 is 1.70 bits per heavy atom. The Hall–Kier alpha value is -3.06. The molecule has 0 amide bonds. The van der Waals surface area contributed by atoms with E-state index in [9.17, 15) is 5.26 Å². The molecule has 0 saturated carbocycles. The van der Waals surface area contributed by atoms with Gasteiger partial charge in [-0.1, -0.05) is 72.3 Å². The number of fused-ring (bicyclic) bond motifs is 1. The normalized spacial score (nSPS) is 11.3. The van der Waals surface area contributed by atoms with E-state index in [-0.39, 0.29) is 0 Å². The molecule has 4 heteroatoms. The van der Waals surface area contributed by atoms with Crippen molar-refractivity contribution in [2.45, 2.75) is 6.61 Å². The first-order valence-corrected chi connectivity index (χ1v) is 10.6. The Labute approximate surface area is 189 Å². The zero-order valence-corrected chi connectivity index (χ0v) is 18.3. The van der Waals surface area contributed by atoms with Crippen LogP contribution in [0.15, 0.2) is 89.4 Å². The number of nitriles is 1. The van der Waals surface area contributed by atoms with Gasteiger partial charge in [-0.15, -0.1) is 0 Å². The van der Waals surface area contributed by atoms with Crippen molar-refractivity contribution < 1.29 is 4.74 Å². The molecule has 0 heterocycles. The van der Waals surface area contributed by atoms with Gasteiger partial charge in [-0.25, -0.2) is 0 Å². The van der Waals surface area contributed by atoms with Crippen molar-refractivity contribution in [3.8, 4) is 11.8 Å². The maximum absolute atomic E-state index is 9.71. The molecule has 0 radical (unpaired) electrons. The largest absolute Gasteiger partial charge is 0.488 e. The number of nitrogens with zero attached hydrogens (tertiary/aromatic N) is 1. The van der Waals surface area contributed by atoms with Crippen molar-refractivity contribution in [1.29, 1.82) is 5.26 Å². The van der Waals surface area contributed by atoms with E-state index in [0.29, 0.717) is 17.2 Å². The molecule has 0 unspecified atom stereocenters. The van der Waals surface area contributed by atoms with Crippen molar-refractivity contribution in [2.75, 3.05) is 0 Å².